The fraction of sp³-hybridized carbons (Fsp3) is 0.896. The molecular weight excluding hydrogens is 669 g/mol. The number of allylic oxidation sites excluding steroid dienone is 1. The summed E-state index contributed by atoms with van der Waals surface area (Å²) in [4.78, 5) is 28.4. The Labute approximate surface area is 336 Å². The predicted octanol–water partition coefficient (Wildman–Crippen LogP) is 14.2. The first-order valence-electron chi connectivity index (χ1n) is 23.6. The van der Waals surface area contributed by atoms with Crippen LogP contribution in [0.25, 0.3) is 0 Å². The first kappa shape index (κ1) is 52.1. The number of hydrogen-bond donors (Lipinski definition) is 0. The molecule has 0 heterocycles. The van der Waals surface area contributed by atoms with E-state index < -0.39 is 0 Å². The molecule has 6 heteroatoms. The number of rotatable bonds is 42. The van der Waals surface area contributed by atoms with Gasteiger partial charge in [0.2, 0.25) is 0 Å². The fourth-order valence-electron chi connectivity index (χ4n) is 7.40. The van der Waals surface area contributed by atoms with Gasteiger partial charge in [0, 0.05) is 6.42 Å². The minimum atomic E-state index is -0.00275. The Hall–Kier alpha value is -1.87. The summed E-state index contributed by atoms with van der Waals surface area (Å²) in [7, 11) is 0. The number of nitrogens with zero attached hydrogens (tertiary/aromatic N) is 2. The highest BCUT2D eigenvalue weighted by Gasteiger charge is 2.20. The molecule has 0 aliphatic carbocycles. The summed E-state index contributed by atoms with van der Waals surface area (Å²) in [5.74, 6) is 0.172. The Morgan fingerprint density at radius 1 is 0.500 bits per heavy atom. The molecular formula is C48H90N2O4. The third-order valence-electron chi connectivity index (χ3n) is 11.0. The van der Waals surface area contributed by atoms with Crippen LogP contribution in [0.4, 0.5) is 0 Å². The van der Waals surface area contributed by atoms with Crippen LogP contribution < -0.4 is 0 Å². The molecule has 2 unspecified atom stereocenters. The maximum Gasteiger partial charge on any atom is 0.309 e. The molecule has 2 atom stereocenters. The van der Waals surface area contributed by atoms with Crippen molar-refractivity contribution in [2.45, 2.75) is 233 Å². The average Bonchev–Trinajstić information content (AvgIpc) is 3.17. The van der Waals surface area contributed by atoms with Crippen LogP contribution in [0.5, 0.6) is 0 Å². The van der Waals surface area contributed by atoms with E-state index >= 15 is 0 Å². The normalized spacial score (nSPS) is 12.7. The van der Waals surface area contributed by atoms with Crippen LogP contribution >= 0.6 is 0 Å². The van der Waals surface area contributed by atoms with Crippen LogP contribution in [-0.4, -0.2) is 49.7 Å². The molecule has 0 N–H and O–H groups in total. The van der Waals surface area contributed by atoms with E-state index in [0.717, 1.165) is 116 Å². The summed E-state index contributed by atoms with van der Waals surface area (Å²) in [6, 6.07) is 2.29. The van der Waals surface area contributed by atoms with Crippen LogP contribution in [-0.2, 0) is 19.1 Å². The van der Waals surface area contributed by atoms with Crippen molar-refractivity contribution in [3.63, 3.8) is 0 Å². The largest absolute Gasteiger partial charge is 0.465 e. The van der Waals surface area contributed by atoms with E-state index in [0.29, 0.717) is 19.6 Å². The molecule has 0 aromatic rings. The lowest BCUT2D eigenvalue weighted by Gasteiger charge is -2.21. The number of hydrogen-bond acceptors (Lipinski definition) is 6. The van der Waals surface area contributed by atoms with E-state index in [4.69, 9.17) is 14.7 Å². The van der Waals surface area contributed by atoms with Crippen molar-refractivity contribution in [2.75, 3.05) is 32.8 Å². The maximum atomic E-state index is 13.0. The van der Waals surface area contributed by atoms with Crippen LogP contribution in [0.3, 0.4) is 0 Å². The number of ether oxygens (including phenoxy) is 2. The molecule has 316 valence electrons. The van der Waals surface area contributed by atoms with Gasteiger partial charge in [0.1, 0.15) is 6.61 Å². The number of unbranched alkanes of at least 4 members (excludes halogenated alkanes) is 21. The molecule has 0 amide bonds. The van der Waals surface area contributed by atoms with Gasteiger partial charge in [-0.2, -0.15) is 5.26 Å². The zero-order chi connectivity index (χ0) is 39.6. The molecule has 54 heavy (non-hydrogen) atoms. The minimum absolute atomic E-state index is 0.00275. The first-order chi connectivity index (χ1) is 26.5. The molecule has 0 bridgehead atoms. The van der Waals surface area contributed by atoms with E-state index in [1.165, 1.54) is 103 Å². The Morgan fingerprint density at radius 2 is 0.907 bits per heavy atom. The van der Waals surface area contributed by atoms with Gasteiger partial charge in [-0.1, -0.05) is 181 Å². The Bertz CT molecular complexity index is 884. The molecule has 0 aliphatic rings. The second-order valence-corrected chi connectivity index (χ2v) is 16.1. The van der Waals surface area contributed by atoms with Crippen molar-refractivity contribution in [3.05, 3.63) is 12.2 Å². The third kappa shape index (κ3) is 34.6. The molecule has 0 radical (unpaired) electrons. The Morgan fingerprint density at radius 3 is 1.43 bits per heavy atom. The zero-order valence-electron chi connectivity index (χ0n) is 36.5. The summed E-state index contributed by atoms with van der Waals surface area (Å²) in [5.41, 5.74) is 0. The summed E-state index contributed by atoms with van der Waals surface area (Å²) in [6.07, 6.45) is 40.6. The van der Waals surface area contributed by atoms with E-state index in [2.05, 4.69) is 44.7 Å². The highest BCUT2D eigenvalue weighted by molar-refractivity contribution is 5.72. The van der Waals surface area contributed by atoms with Gasteiger partial charge < -0.3 is 14.4 Å². The van der Waals surface area contributed by atoms with Crippen molar-refractivity contribution < 1.29 is 19.1 Å². The van der Waals surface area contributed by atoms with Crippen molar-refractivity contribution in [3.8, 4) is 6.07 Å². The van der Waals surface area contributed by atoms with Gasteiger partial charge in [0.25, 0.3) is 0 Å². The lowest BCUT2D eigenvalue weighted by atomic mass is 9.94. The standard InChI is InChI=1S/C48H90N2O4/c1-5-9-13-17-19-27-37-45(35-25-15-11-7-3)47(51)53-43-33-23-21-30-40-50(42-32-29-39-49)41-31-22-24-34-44-54-48(52)46(36-26-16-12-8-4)38-28-20-18-14-10-6-2/h23,33,45-46H,5-22,24-32,34-38,40-44H2,1-4H3/b33-23+. The summed E-state index contributed by atoms with van der Waals surface area (Å²) >= 11 is 0. The maximum absolute atomic E-state index is 13.0. The highest BCUT2D eigenvalue weighted by atomic mass is 16.5. The number of esters is 2. The van der Waals surface area contributed by atoms with Crippen LogP contribution in [0, 0.1) is 23.2 Å². The molecule has 0 fully saturated rings. The van der Waals surface area contributed by atoms with Crippen molar-refractivity contribution in [2.24, 2.45) is 11.8 Å². The van der Waals surface area contributed by atoms with Gasteiger partial charge in [-0.15, -0.1) is 0 Å². The van der Waals surface area contributed by atoms with Gasteiger partial charge in [0.15, 0.2) is 0 Å². The van der Waals surface area contributed by atoms with Gasteiger partial charge in [-0.3, -0.25) is 9.59 Å². The monoisotopic (exact) mass is 759 g/mol. The fourth-order valence-corrected chi connectivity index (χ4v) is 7.40. The molecule has 0 spiro atoms. The van der Waals surface area contributed by atoms with Gasteiger partial charge >= 0.3 is 11.9 Å². The number of carbonyl (C=O) groups excluding carboxylic acids is 2. The molecule has 0 saturated carbocycles. The quantitative estimate of drug-likeness (QED) is 0.0350. The van der Waals surface area contributed by atoms with E-state index in [1.807, 2.05) is 6.08 Å². The number of nitriles is 1. The molecule has 0 aromatic heterocycles. The summed E-state index contributed by atoms with van der Waals surface area (Å²) in [5, 5.41) is 9.06. The van der Waals surface area contributed by atoms with Crippen LogP contribution in [0.15, 0.2) is 12.2 Å². The molecule has 0 aliphatic heterocycles. The number of carbonyl (C=O) groups is 2. The Balaban J connectivity index is 4.45. The minimum Gasteiger partial charge on any atom is -0.465 e. The molecule has 0 saturated heterocycles. The van der Waals surface area contributed by atoms with Crippen molar-refractivity contribution >= 4 is 11.9 Å². The SMILES string of the molecule is CCCCCCCCC(CCCCCC)C(=O)OC/C=C/CCCN(CCCC#N)CCCCCCOC(=O)C(CCCCCC)CCCCCCCC. The summed E-state index contributed by atoms with van der Waals surface area (Å²) < 4.78 is 11.5. The van der Waals surface area contributed by atoms with Crippen LogP contribution in [0.1, 0.15) is 233 Å². The smallest absolute Gasteiger partial charge is 0.309 e. The topological polar surface area (TPSA) is 79.6 Å². The zero-order valence-corrected chi connectivity index (χ0v) is 36.5. The lowest BCUT2D eigenvalue weighted by molar-refractivity contribution is -0.149. The Kier molecular flexibility index (Phi) is 40.8. The lowest BCUT2D eigenvalue weighted by Crippen LogP contribution is -2.27. The average molecular weight is 759 g/mol. The predicted molar refractivity (Wildman–Crippen MR) is 231 cm³/mol. The third-order valence-corrected chi connectivity index (χ3v) is 11.0. The van der Waals surface area contributed by atoms with Crippen molar-refractivity contribution in [1.29, 1.82) is 5.26 Å². The second kappa shape index (κ2) is 42.3. The van der Waals surface area contributed by atoms with Crippen LogP contribution in [0.2, 0.25) is 0 Å². The first-order valence-corrected chi connectivity index (χ1v) is 23.6. The van der Waals surface area contributed by atoms with Gasteiger partial charge in [0.05, 0.1) is 24.5 Å². The molecule has 0 aromatic carbocycles. The highest BCUT2D eigenvalue weighted by Crippen LogP contribution is 2.22. The van der Waals surface area contributed by atoms with E-state index in [9.17, 15) is 9.59 Å². The second-order valence-electron chi connectivity index (χ2n) is 16.1. The molecule has 6 nitrogen and oxygen atoms in total. The van der Waals surface area contributed by atoms with E-state index in [-0.39, 0.29) is 23.8 Å². The van der Waals surface area contributed by atoms with Crippen molar-refractivity contribution in [1.82, 2.24) is 4.90 Å². The summed E-state index contributed by atoms with van der Waals surface area (Å²) in [6.45, 7) is 12.9. The molecule has 0 rings (SSSR count). The van der Waals surface area contributed by atoms with Gasteiger partial charge in [-0.05, 0) is 77.4 Å². The van der Waals surface area contributed by atoms with E-state index in [1.54, 1.807) is 0 Å². The van der Waals surface area contributed by atoms with Gasteiger partial charge in [-0.25, -0.2) is 0 Å².